The van der Waals surface area contributed by atoms with Crippen molar-refractivity contribution < 1.29 is 9.72 Å². The van der Waals surface area contributed by atoms with E-state index in [1.807, 2.05) is 18.2 Å². The fraction of sp³-hybridized carbons (Fsp3) is 0.278. The van der Waals surface area contributed by atoms with Gasteiger partial charge in [0.2, 0.25) is 0 Å². The summed E-state index contributed by atoms with van der Waals surface area (Å²) in [5.74, 6) is 0.480. The Labute approximate surface area is 140 Å². The van der Waals surface area contributed by atoms with Gasteiger partial charge in [-0.15, -0.1) is 0 Å². The topological polar surface area (TPSA) is 75.5 Å². The van der Waals surface area contributed by atoms with Crippen LogP contribution in [0.4, 0.5) is 16.2 Å². The van der Waals surface area contributed by atoms with E-state index in [9.17, 15) is 14.9 Å². The molecule has 6 nitrogen and oxygen atoms in total. The quantitative estimate of drug-likeness (QED) is 0.684. The normalized spacial score (nSPS) is 15.1. The van der Waals surface area contributed by atoms with E-state index < -0.39 is 4.92 Å². The highest BCUT2D eigenvalue weighted by atomic mass is 16.6. The summed E-state index contributed by atoms with van der Waals surface area (Å²) in [5, 5.41) is 13.5. The second kappa shape index (κ2) is 7.12. The second-order valence-electron chi connectivity index (χ2n) is 5.91. The lowest BCUT2D eigenvalue weighted by Gasteiger charge is -2.32. The van der Waals surface area contributed by atoms with Crippen molar-refractivity contribution in [3.8, 4) is 0 Å². The molecule has 1 N–H and O–H groups in total. The maximum atomic E-state index is 12.3. The van der Waals surface area contributed by atoms with Crippen LogP contribution in [-0.2, 0) is 0 Å². The second-order valence-corrected chi connectivity index (χ2v) is 5.91. The van der Waals surface area contributed by atoms with Gasteiger partial charge in [0.25, 0.3) is 5.69 Å². The number of non-ortho nitro benzene ring substituents is 1. The van der Waals surface area contributed by atoms with Crippen LogP contribution < -0.4 is 5.32 Å². The van der Waals surface area contributed by atoms with Crippen molar-refractivity contribution >= 4 is 17.4 Å². The lowest BCUT2D eigenvalue weighted by atomic mass is 9.90. The molecule has 0 aliphatic carbocycles. The Hall–Kier alpha value is -2.89. The Balaban J connectivity index is 1.57. The molecule has 0 spiro atoms. The van der Waals surface area contributed by atoms with Crippen molar-refractivity contribution in [3.05, 3.63) is 70.3 Å². The van der Waals surface area contributed by atoms with Crippen LogP contribution in [0, 0.1) is 10.1 Å². The van der Waals surface area contributed by atoms with E-state index in [-0.39, 0.29) is 11.7 Å². The fourth-order valence-electron chi connectivity index (χ4n) is 3.04. The standard InChI is InChI=1S/C18H19N3O3/c22-18(19-16-7-4-8-17(13-16)21(23)24)20-11-9-15(10-12-20)14-5-2-1-3-6-14/h1-8,13,15H,9-12H2,(H,19,22). The summed E-state index contributed by atoms with van der Waals surface area (Å²) in [4.78, 5) is 24.4. The van der Waals surface area contributed by atoms with E-state index in [1.165, 1.54) is 17.7 Å². The molecule has 0 bridgehead atoms. The summed E-state index contributed by atoms with van der Waals surface area (Å²) >= 11 is 0. The van der Waals surface area contributed by atoms with Gasteiger partial charge in [-0.2, -0.15) is 0 Å². The molecule has 1 aliphatic heterocycles. The highest BCUT2D eigenvalue weighted by Gasteiger charge is 2.23. The number of hydrogen-bond acceptors (Lipinski definition) is 3. The average Bonchev–Trinajstić information content (AvgIpc) is 2.63. The Morgan fingerprint density at radius 2 is 1.79 bits per heavy atom. The molecule has 1 heterocycles. The SMILES string of the molecule is O=C(Nc1cccc([N+](=O)[O-])c1)N1CCC(c2ccccc2)CC1. The van der Waals surface area contributed by atoms with Gasteiger partial charge in [-0.25, -0.2) is 4.79 Å². The number of urea groups is 1. The molecular weight excluding hydrogens is 306 g/mol. The van der Waals surface area contributed by atoms with Gasteiger partial charge in [0.15, 0.2) is 0 Å². The predicted molar refractivity (Wildman–Crippen MR) is 92.1 cm³/mol. The summed E-state index contributed by atoms with van der Waals surface area (Å²) < 4.78 is 0. The number of carbonyl (C=O) groups excluding carboxylic acids is 1. The number of nitro benzene ring substituents is 1. The summed E-state index contributed by atoms with van der Waals surface area (Å²) in [6, 6.07) is 16.1. The molecule has 24 heavy (non-hydrogen) atoms. The van der Waals surface area contributed by atoms with Gasteiger partial charge < -0.3 is 10.2 Å². The molecule has 0 unspecified atom stereocenters. The zero-order valence-corrected chi connectivity index (χ0v) is 13.2. The molecule has 0 aromatic heterocycles. The van der Waals surface area contributed by atoms with Gasteiger partial charge >= 0.3 is 6.03 Å². The number of nitrogens with one attached hydrogen (secondary N) is 1. The van der Waals surface area contributed by atoms with Crippen molar-refractivity contribution in [1.82, 2.24) is 4.90 Å². The summed E-state index contributed by atoms with van der Waals surface area (Å²) in [6.07, 6.45) is 1.85. The molecule has 1 saturated heterocycles. The lowest BCUT2D eigenvalue weighted by Crippen LogP contribution is -2.40. The third-order valence-corrected chi connectivity index (χ3v) is 4.36. The first-order valence-electron chi connectivity index (χ1n) is 7.99. The smallest absolute Gasteiger partial charge is 0.321 e. The number of benzene rings is 2. The van der Waals surface area contributed by atoms with E-state index in [0.29, 0.717) is 24.7 Å². The zero-order valence-electron chi connectivity index (χ0n) is 13.2. The number of amides is 2. The van der Waals surface area contributed by atoms with Gasteiger partial charge in [-0.05, 0) is 30.4 Å². The van der Waals surface area contributed by atoms with E-state index >= 15 is 0 Å². The van der Waals surface area contributed by atoms with Crippen molar-refractivity contribution in [2.75, 3.05) is 18.4 Å². The monoisotopic (exact) mass is 325 g/mol. The fourth-order valence-corrected chi connectivity index (χ4v) is 3.04. The third-order valence-electron chi connectivity index (χ3n) is 4.36. The largest absolute Gasteiger partial charge is 0.324 e. The molecule has 1 fully saturated rings. The molecule has 0 saturated carbocycles. The maximum absolute atomic E-state index is 12.3. The van der Waals surface area contributed by atoms with Gasteiger partial charge in [0.05, 0.1) is 4.92 Å². The molecule has 124 valence electrons. The summed E-state index contributed by atoms with van der Waals surface area (Å²) in [6.45, 7) is 1.36. The number of anilines is 1. The lowest BCUT2D eigenvalue weighted by molar-refractivity contribution is -0.384. The number of rotatable bonds is 3. The van der Waals surface area contributed by atoms with Gasteiger partial charge in [-0.3, -0.25) is 10.1 Å². The Kier molecular flexibility index (Phi) is 4.74. The molecule has 2 amide bonds. The van der Waals surface area contributed by atoms with Crippen LogP contribution in [0.2, 0.25) is 0 Å². The van der Waals surface area contributed by atoms with E-state index in [4.69, 9.17) is 0 Å². The number of nitro groups is 1. The number of piperidine rings is 1. The van der Waals surface area contributed by atoms with Gasteiger partial charge in [0.1, 0.15) is 0 Å². The van der Waals surface area contributed by atoms with E-state index in [1.54, 1.807) is 17.0 Å². The molecular formula is C18H19N3O3. The number of nitrogens with zero attached hydrogens (tertiary/aromatic N) is 2. The minimum atomic E-state index is -0.471. The highest BCUT2D eigenvalue weighted by Crippen LogP contribution is 2.28. The number of likely N-dealkylation sites (tertiary alicyclic amines) is 1. The molecule has 2 aromatic rings. The van der Waals surface area contributed by atoms with Crippen LogP contribution in [0.5, 0.6) is 0 Å². The van der Waals surface area contributed by atoms with Crippen molar-refractivity contribution in [2.24, 2.45) is 0 Å². The van der Waals surface area contributed by atoms with Crippen LogP contribution in [0.3, 0.4) is 0 Å². The third kappa shape index (κ3) is 3.71. The van der Waals surface area contributed by atoms with Crippen molar-refractivity contribution in [2.45, 2.75) is 18.8 Å². The van der Waals surface area contributed by atoms with Crippen LogP contribution in [0.15, 0.2) is 54.6 Å². The van der Waals surface area contributed by atoms with E-state index in [2.05, 4.69) is 17.4 Å². The van der Waals surface area contributed by atoms with Crippen LogP contribution in [-0.4, -0.2) is 28.9 Å². The van der Waals surface area contributed by atoms with Crippen LogP contribution in [0.25, 0.3) is 0 Å². The highest BCUT2D eigenvalue weighted by molar-refractivity contribution is 5.89. The molecule has 0 atom stereocenters. The number of hydrogen-bond donors (Lipinski definition) is 1. The number of carbonyl (C=O) groups is 1. The Morgan fingerprint density at radius 1 is 1.08 bits per heavy atom. The average molecular weight is 325 g/mol. The van der Waals surface area contributed by atoms with Gasteiger partial charge in [-0.1, -0.05) is 36.4 Å². The van der Waals surface area contributed by atoms with Gasteiger partial charge in [0, 0.05) is 30.9 Å². The Bertz CT molecular complexity index is 725. The molecule has 0 radical (unpaired) electrons. The predicted octanol–water partition coefficient (Wildman–Crippen LogP) is 4.01. The van der Waals surface area contributed by atoms with E-state index in [0.717, 1.165) is 12.8 Å². The van der Waals surface area contributed by atoms with Crippen molar-refractivity contribution in [3.63, 3.8) is 0 Å². The summed E-state index contributed by atoms with van der Waals surface area (Å²) in [5.41, 5.74) is 1.73. The first kappa shape index (κ1) is 16.0. The minimum Gasteiger partial charge on any atom is -0.324 e. The van der Waals surface area contributed by atoms with Crippen LogP contribution >= 0.6 is 0 Å². The maximum Gasteiger partial charge on any atom is 0.321 e. The zero-order chi connectivity index (χ0) is 16.9. The van der Waals surface area contributed by atoms with Crippen molar-refractivity contribution in [1.29, 1.82) is 0 Å². The molecule has 6 heteroatoms. The first-order valence-corrected chi connectivity index (χ1v) is 7.99. The molecule has 3 rings (SSSR count). The minimum absolute atomic E-state index is 0.0319. The van der Waals surface area contributed by atoms with Crippen LogP contribution in [0.1, 0.15) is 24.3 Å². The summed E-state index contributed by atoms with van der Waals surface area (Å²) in [7, 11) is 0. The Morgan fingerprint density at radius 3 is 2.46 bits per heavy atom. The molecule has 2 aromatic carbocycles. The first-order chi connectivity index (χ1) is 11.6. The molecule has 1 aliphatic rings.